The number of aromatic nitrogens is 4. The molecule has 3 rings (SSSR count). The second-order valence-electron chi connectivity index (χ2n) is 6.07. The van der Waals surface area contributed by atoms with Gasteiger partial charge in [-0.3, -0.25) is 0 Å². The Morgan fingerprint density at radius 1 is 1.33 bits per heavy atom. The third-order valence-electron chi connectivity index (χ3n) is 4.79. The van der Waals surface area contributed by atoms with Gasteiger partial charge in [-0.25, -0.2) is 4.98 Å². The van der Waals surface area contributed by atoms with Gasteiger partial charge in [0.1, 0.15) is 12.1 Å². The van der Waals surface area contributed by atoms with Crippen LogP contribution in [-0.2, 0) is 6.42 Å². The minimum Gasteiger partial charge on any atom is -0.353 e. The van der Waals surface area contributed by atoms with Crippen molar-refractivity contribution >= 4 is 11.6 Å². The lowest BCUT2D eigenvalue weighted by Gasteiger charge is -2.40. The summed E-state index contributed by atoms with van der Waals surface area (Å²) < 4.78 is 1.90. The zero-order chi connectivity index (χ0) is 14.8. The molecule has 0 radical (unpaired) electrons. The molecule has 0 spiro atoms. The number of rotatable bonds is 4. The quantitative estimate of drug-likeness (QED) is 0.867. The molecule has 1 aliphatic heterocycles. The van der Waals surface area contributed by atoms with Crippen LogP contribution in [0.25, 0.3) is 5.78 Å². The number of hydrogen-bond acceptors (Lipinski definition) is 4. The first-order chi connectivity index (χ1) is 10.2. The van der Waals surface area contributed by atoms with Crippen molar-refractivity contribution in [2.24, 2.45) is 5.92 Å². The first-order valence-electron chi connectivity index (χ1n) is 8.20. The summed E-state index contributed by atoms with van der Waals surface area (Å²) in [7, 11) is 0. The predicted molar refractivity (Wildman–Crippen MR) is 84.6 cm³/mol. The lowest BCUT2D eigenvalue weighted by molar-refractivity contribution is 0.345. The molecule has 0 amide bonds. The standard InChI is InChI=1S/C16H25N5/c1-4-12(3)14-8-6-7-9-20(14)15-10-13(5-2)19-16-17-11-18-21(15)16/h10-12,14H,4-9H2,1-3H3/t12-,14-/m1/s1. The van der Waals surface area contributed by atoms with E-state index in [9.17, 15) is 0 Å². The summed E-state index contributed by atoms with van der Waals surface area (Å²) in [5, 5.41) is 4.39. The monoisotopic (exact) mass is 287 g/mol. The summed E-state index contributed by atoms with van der Waals surface area (Å²) >= 11 is 0. The summed E-state index contributed by atoms with van der Waals surface area (Å²) in [6.07, 6.45) is 7.61. The van der Waals surface area contributed by atoms with Crippen molar-refractivity contribution in [2.45, 2.75) is 58.9 Å². The van der Waals surface area contributed by atoms with E-state index < -0.39 is 0 Å². The number of anilines is 1. The minimum absolute atomic E-state index is 0.600. The second kappa shape index (κ2) is 6.00. The second-order valence-corrected chi connectivity index (χ2v) is 6.07. The molecule has 0 saturated carbocycles. The van der Waals surface area contributed by atoms with Crippen LogP contribution in [0.2, 0.25) is 0 Å². The topological polar surface area (TPSA) is 46.3 Å². The van der Waals surface area contributed by atoms with Gasteiger partial charge in [0, 0.05) is 24.3 Å². The number of piperidine rings is 1. The molecule has 0 N–H and O–H groups in total. The van der Waals surface area contributed by atoms with Crippen LogP contribution < -0.4 is 4.90 Å². The van der Waals surface area contributed by atoms with E-state index in [1.165, 1.54) is 31.5 Å². The Labute approximate surface area is 126 Å². The van der Waals surface area contributed by atoms with E-state index >= 15 is 0 Å². The van der Waals surface area contributed by atoms with E-state index in [1.54, 1.807) is 6.33 Å². The molecule has 2 aromatic rings. The van der Waals surface area contributed by atoms with Crippen LogP contribution >= 0.6 is 0 Å². The zero-order valence-electron chi connectivity index (χ0n) is 13.3. The highest BCUT2D eigenvalue weighted by molar-refractivity contribution is 5.48. The summed E-state index contributed by atoms with van der Waals surface area (Å²) in [5.41, 5.74) is 1.10. The number of hydrogen-bond donors (Lipinski definition) is 0. The van der Waals surface area contributed by atoms with Gasteiger partial charge < -0.3 is 4.90 Å². The summed E-state index contributed by atoms with van der Waals surface area (Å²) in [6, 6.07) is 2.80. The van der Waals surface area contributed by atoms with Gasteiger partial charge in [-0.2, -0.15) is 14.6 Å². The van der Waals surface area contributed by atoms with Crippen LogP contribution in [-0.4, -0.2) is 32.2 Å². The third-order valence-corrected chi connectivity index (χ3v) is 4.79. The lowest BCUT2D eigenvalue weighted by atomic mass is 9.90. The Hall–Kier alpha value is -1.65. The predicted octanol–water partition coefficient (Wildman–Crippen LogP) is 3.09. The highest BCUT2D eigenvalue weighted by Gasteiger charge is 2.28. The van der Waals surface area contributed by atoms with E-state index in [2.05, 4.69) is 46.8 Å². The molecule has 3 heterocycles. The van der Waals surface area contributed by atoms with Crippen molar-refractivity contribution in [3.63, 3.8) is 0 Å². The average Bonchev–Trinajstić information content (AvgIpc) is 3.01. The normalized spacial score (nSPS) is 20.9. The van der Waals surface area contributed by atoms with Crippen molar-refractivity contribution in [1.82, 2.24) is 19.6 Å². The fraction of sp³-hybridized carbons (Fsp3) is 0.688. The highest BCUT2D eigenvalue weighted by Crippen LogP contribution is 2.30. The molecule has 2 atom stereocenters. The zero-order valence-corrected chi connectivity index (χ0v) is 13.3. The highest BCUT2D eigenvalue weighted by atomic mass is 15.4. The molecule has 0 aromatic carbocycles. The first kappa shape index (κ1) is 14.3. The SMILES string of the molecule is CCc1cc(N2CCCC[C@@H]2[C@H](C)CC)n2ncnc2n1. The van der Waals surface area contributed by atoms with E-state index in [0.717, 1.165) is 24.4 Å². The fourth-order valence-electron chi connectivity index (χ4n) is 3.34. The molecule has 5 nitrogen and oxygen atoms in total. The average molecular weight is 287 g/mol. The maximum absolute atomic E-state index is 4.56. The van der Waals surface area contributed by atoms with Gasteiger partial charge in [0.2, 0.25) is 0 Å². The van der Waals surface area contributed by atoms with Crippen molar-refractivity contribution in [1.29, 1.82) is 0 Å². The Bertz CT molecular complexity index is 606. The minimum atomic E-state index is 0.600. The summed E-state index contributed by atoms with van der Waals surface area (Å²) in [4.78, 5) is 11.4. The number of nitrogens with zero attached hydrogens (tertiary/aromatic N) is 5. The molecule has 0 unspecified atom stereocenters. The van der Waals surface area contributed by atoms with Gasteiger partial charge in [-0.05, 0) is 31.6 Å². The molecule has 5 heteroatoms. The Morgan fingerprint density at radius 2 is 2.19 bits per heavy atom. The smallest absolute Gasteiger partial charge is 0.254 e. The maximum Gasteiger partial charge on any atom is 0.254 e. The van der Waals surface area contributed by atoms with Gasteiger partial charge in [0.05, 0.1) is 0 Å². The number of fused-ring (bicyclic) bond motifs is 1. The van der Waals surface area contributed by atoms with Crippen molar-refractivity contribution < 1.29 is 0 Å². The molecule has 1 fully saturated rings. The van der Waals surface area contributed by atoms with Crippen LogP contribution in [0.15, 0.2) is 12.4 Å². The van der Waals surface area contributed by atoms with Gasteiger partial charge in [-0.15, -0.1) is 0 Å². The third kappa shape index (κ3) is 2.61. The Morgan fingerprint density at radius 3 is 2.95 bits per heavy atom. The molecule has 0 aliphatic carbocycles. The molecule has 114 valence electrons. The Balaban J connectivity index is 2.06. The van der Waals surface area contributed by atoms with Gasteiger partial charge in [0.25, 0.3) is 5.78 Å². The molecule has 1 aliphatic rings. The molecule has 1 saturated heterocycles. The molecular weight excluding hydrogens is 262 g/mol. The van der Waals surface area contributed by atoms with Crippen LogP contribution in [0.3, 0.4) is 0 Å². The molecule has 2 aromatic heterocycles. The van der Waals surface area contributed by atoms with E-state index in [0.29, 0.717) is 12.0 Å². The van der Waals surface area contributed by atoms with E-state index in [4.69, 9.17) is 0 Å². The molecule has 0 bridgehead atoms. The van der Waals surface area contributed by atoms with E-state index in [1.807, 2.05) is 4.52 Å². The maximum atomic E-state index is 4.56. The van der Waals surface area contributed by atoms with Crippen LogP contribution in [0.4, 0.5) is 5.82 Å². The summed E-state index contributed by atoms with van der Waals surface area (Å²) in [5.74, 6) is 2.58. The van der Waals surface area contributed by atoms with E-state index in [-0.39, 0.29) is 0 Å². The van der Waals surface area contributed by atoms with Gasteiger partial charge in [-0.1, -0.05) is 27.2 Å². The summed E-state index contributed by atoms with van der Waals surface area (Å²) in [6.45, 7) is 7.90. The van der Waals surface area contributed by atoms with Crippen molar-refractivity contribution in [3.8, 4) is 0 Å². The van der Waals surface area contributed by atoms with Crippen LogP contribution in [0, 0.1) is 5.92 Å². The van der Waals surface area contributed by atoms with Crippen LogP contribution in [0.1, 0.15) is 52.1 Å². The largest absolute Gasteiger partial charge is 0.353 e. The van der Waals surface area contributed by atoms with Crippen molar-refractivity contribution in [2.75, 3.05) is 11.4 Å². The molecular formula is C16H25N5. The molecule has 21 heavy (non-hydrogen) atoms. The van der Waals surface area contributed by atoms with Gasteiger partial charge >= 0.3 is 0 Å². The fourth-order valence-corrected chi connectivity index (χ4v) is 3.34. The first-order valence-corrected chi connectivity index (χ1v) is 8.20. The van der Waals surface area contributed by atoms with Gasteiger partial charge in [0.15, 0.2) is 0 Å². The van der Waals surface area contributed by atoms with Crippen LogP contribution in [0.5, 0.6) is 0 Å². The van der Waals surface area contributed by atoms with Crippen molar-refractivity contribution in [3.05, 3.63) is 18.1 Å². The Kier molecular flexibility index (Phi) is 4.08. The number of aryl methyl sites for hydroxylation is 1. The lowest BCUT2D eigenvalue weighted by Crippen LogP contribution is -2.44.